The minimum atomic E-state index is -0.658. The second-order valence-corrected chi connectivity index (χ2v) is 9.40. The number of hydrogen-bond acceptors (Lipinski definition) is 2. The summed E-state index contributed by atoms with van der Waals surface area (Å²) in [4.78, 5) is 14.9. The van der Waals surface area contributed by atoms with Crippen LogP contribution in [0.1, 0.15) is 44.6 Å². The van der Waals surface area contributed by atoms with Crippen LogP contribution in [0.2, 0.25) is 0 Å². The van der Waals surface area contributed by atoms with E-state index in [1.165, 1.54) is 6.07 Å². The van der Waals surface area contributed by atoms with E-state index in [1.807, 2.05) is 24.0 Å². The molecule has 4 bridgehead atoms. The number of carbonyl (C=O) groups is 1. The quantitative estimate of drug-likeness (QED) is 0.871. The summed E-state index contributed by atoms with van der Waals surface area (Å²) < 4.78 is 14.6. The van der Waals surface area contributed by atoms with Crippen LogP contribution in [0.4, 0.5) is 9.18 Å². The third kappa shape index (κ3) is 2.13. The van der Waals surface area contributed by atoms with Crippen molar-refractivity contribution in [2.75, 3.05) is 13.2 Å². The predicted octanol–water partition coefficient (Wildman–Crippen LogP) is 3.25. The van der Waals surface area contributed by atoms with E-state index in [0.29, 0.717) is 29.9 Å². The third-order valence-electron chi connectivity index (χ3n) is 7.77. The molecule has 3 atom stereocenters. The molecule has 6 rings (SSSR count). The van der Waals surface area contributed by atoms with Crippen LogP contribution in [0.15, 0.2) is 24.3 Å². The standard InChI is InChI=1S/C21H27FN2O2/c1-20(16-4-2-3-5-17(16)22)11-23-19(26)24(20)18-14-6-13-7-15(18)10-21(8-13,9-14)12-25/h2-5,13-15,18,25H,6-12H2,1H3,(H,23,26). The molecule has 140 valence electrons. The minimum Gasteiger partial charge on any atom is -0.396 e. The van der Waals surface area contributed by atoms with Crippen LogP contribution < -0.4 is 5.32 Å². The highest BCUT2D eigenvalue weighted by atomic mass is 19.1. The van der Waals surface area contributed by atoms with Gasteiger partial charge in [-0.2, -0.15) is 0 Å². The maximum absolute atomic E-state index is 14.6. The SMILES string of the molecule is CC1(c2ccccc2F)CNC(=O)N1C1C2CC3CC1CC(CO)(C3)C2. The Morgan fingerprint density at radius 1 is 1.23 bits per heavy atom. The number of urea groups is 1. The zero-order valence-electron chi connectivity index (χ0n) is 15.2. The lowest BCUT2D eigenvalue weighted by Gasteiger charge is -2.62. The lowest BCUT2D eigenvalue weighted by Crippen LogP contribution is -2.63. The van der Waals surface area contributed by atoms with Crippen LogP contribution in [0, 0.1) is 29.0 Å². The monoisotopic (exact) mass is 358 g/mol. The van der Waals surface area contributed by atoms with E-state index in [1.54, 1.807) is 6.07 Å². The Hall–Kier alpha value is -1.62. The van der Waals surface area contributed by atoms with Gasteiger partial charge in [-0.15, -0.1) is 0 Å². The van der Waals surface area contributed by atoms with Gasteiger partial charge < -0.3 is 15.3 Å². The van der Waals surface area contributed by atoms with Crippen molar-refractivity contribution in [3.63, 3.8) is 0 Å². The van der Waals surface area contributed by atoms with Crippen LogP contribution in [-0.4, -0.2) is 35.2 Å². The Kier molecular flexibility index (Phi) is 3.46. The predicted molar refractivity (Wildman–Crippen MR) is 95.9 cm³/mol. The van der Waals surface area contributed by atoms with Gasteiger partial charge in [-0.25, -0.2) is 9.18 Å². The van der Waals surface area contributed by atoms with E-state index in [9.17, 15) is 14.3 Å². The first-order valence-electron chi connectivity index (χ1n) is 9.89. The van der Waals surface area contributed by atoms with E-state index in [4.69, 9.17) is 0 Å². The van der Waals surface area contributed by atoms with Gasteiger partial charge in [0.05, 0.1) is 5.54 Å². The zero-order chi connectivity index (χ0) is 18.1. The molecule has 1 aliphatic heterocycles. The molecule has 1 heterocycles. The lowest BCUT2D eigenvalue weighted by atomic mass is 9.47. The summed E-state index contributed by atoms with van der Waals surface area (Å²) in [5.74, 6) is 1.28. The maximum atomic E-state index is 14.6. The molecule has 1 aromatic rings. The second-order valence-electron chi connectivity index (χ2n) is 9.40. The molecule has 5 fully saturated rings. The Morgan fingerprint density at radius 2 is 1.92 bits per heavy atom. The van der Waals surface area contributed by atoms with Gasteiger partial charge in [0.25, 0.3) is 0 Å². The number of carbonyl (C=O) groups excluding carboxylic acids is 1. The topological polar surface area (TPSA) is 52.6 Å². The van der Waals surface area contributed by atoms with E-state index >= 15 is 0 Å². The molecule has 2 amide bonds. The zero-order valence-corrected chi connectivity index (χ0v) is 15.2. The number of benzene rings is 1. The van der Waals surface area contributed by atoms with Gasteiger partial charge in [0, 0.05) is 24.8 Å². The number of nitrogens with zero attached hydrogens (tertiary/aromatic N) is 1. The second kappa shape index (κ2) is 5.44. The maximum Gasteiger partial charge on any atom is 0.318 e. The lowest BCUT2D eigenvalue weighted by molar-refractivity contribution is -0.130. The number of hydrogen-bond donors (Lipinski definition) is 2. The van der Waals surface area contributed by atoms with E-state index in [2.05, 4.69) is 5.32 Å². The number of nitrogens with one attached hydrogen (secondary N) is 1. The largest absolute Gasteiger partial charge is 0.396 e. The van der Waals surface area contributed by atoms with Crippen molar-refractivity contribution in [1.82, 2.24) is 10.2 Å². The van der Waals surface area contributed by atoms with Crippen molar-refractivity contribution >= 4 is 6.03 Å². The third-order valence-corrected chi connectivity index (χ3v) is 7.77. The van der Waals surface area contributed by atoms with Crippen molar-refractivity contribution in [2.24, 2.45) is 23.2 Å². The van der Waals surface area contributed by atoms with Crippen molar-refractivity contribution in [3.05, 3.63) is 35.6 Å². The molecule has 5 heteroatoms. The molecule has 0 radical (unpaired) electrons. The Morgan fingerprint density at radius 3 is 2.58 bits per heavy atom. The average molecular weight is 358 g/mol. The molecular weight excluding hydrogens is 331 g/mol. The number of halogens is 1. The van der Waals surface area contributed by atoms with Crippen LogP contribution >= 0.6 is 0 Å². The molecule has 26 heavy (non-hydrogen) atoms. The van der Waals surface area contributed by atoms with Crippen molar-refractivity contribution in [1.29, 1.82) is 0 Å². The Labute approximate surface area is 153 Å². The van der Waals surface area contributed by atoms with E-state index in [-0.39, 0.29) is 29.9 Å². The summed E-state index contributed by atoms with van der Waals surface area (Å²) in [7, 11) is 0. The highest BCUT2D eigenvalue weighted by Gasteiger charge is 2.60. The number of aliphatic hydroxyl groups is 1. The number of amides is 2. The van der Waals surface area contributed by atoms with Gasteiger partial charge in [-0.1, -0.05) is 18.2 Å². The van der Waals surface area contributed by atoms with Crippen molar-refractivity contribution in [3.8, 4) is 0 Å². The average Bonchev–Trinajstić information content (AvgIpc) is 2.91. The molecule has 1 saturated heterocycles. The van der Waals surface area contributed by atoms with Gasteiger partial charge in [-0.3, -0.25) is 0 Å². The minimum absolute atomic E-state index is 0.0636. The number of rotatable bonds is 3. The molecule has 4 saturated carbocycles. The first-order chi connectivity index (χ1) is 12.5. The molecule has 0 spiro atoms. The van der Waals surface area contributed by atoms with Crippen LogP contribution in [0.5, 0.6) is 0 Å². The molecule has 4 nitrogen and oxygen atoms in total. The van der Waals surface area contributed by atoms with Gasteiger partial charge in [0.2, 0.25) is 0 Å². The highest BCUT2D eigenvalue weighted by molar-refractivity contribution is 5.79. The molecule has 3 unspecified atom stereocenters. The van der Waals surface area contributed by atoms with Crippen molar-refractivity contribution < 1.29 is 14.3 Å². The molecule has 5 aliphatic rings. The van der Waals surface area contributed by atoms with Gasteiger partial charge in [-0.05, 0) is 68.3 Å². The molecule has 4 aliphatic carbocycles. The van der Waals surface area contributed by atoms with Gasteiger partial charge >= 0.3 is 6.03 Å². The van der Waals surface area contributed by atoms with Gasteiger partial charge in [0.15, 0.2) is 0 Å². The highest BCUT2D eigenvalue weighted by Crippen LogP contribution is 2.62. The summed E-state index contributed by atoms with van der Waals surface area (Å²) >= 11 is 0. The molecule has 1 aromatic carbocycles. The summed E-state index contributed by atoms with van der Waals surface area (Å²) in [6, 6.07) is 6.93. The molecule has 0 aromatic heterocycles. The summed E-state index contributed by atoms with van der Waals surface area (Å²) in [5.41, 5.74) is 0.0101. The fourth-order valence-electron chi connectivity index (χ4n) is 7.01. The van der Waals surface area contributed by atoms with E-state index < -0.39 is 5.54 Å². The van der Waals surface area contributed by atoms with Crippen LogP contribution in [-0.2, 0) is 5.54 Å². The Balaban J connectivity index is 1.55. The Bertz CT molecular complexity index is 737. The summed E-state index contributed by atoms with van der Waals surface area (Å²) in [6.45, 7) is 2.70. The summed E-state index contributed by atoms with van der Waals surface area (Å²) in [6.07, 6.45) is 5.41. The van der Waals surface area contributed by atoms with Crippen molar-refractivity contribution in [2.45, 2.75) is 50.6 Å². The van der Waals surface area contributed by atoms with Gasteiger partial charge in [0.1, 0.15) is 5.82 Å². The normalized spacial score (nSPS) is 43.8. The smallest absolute Gasteiger partial charge is 0.318 e. The fraction of sp³-hybridized carbons (Fsp3) is 0.667. The number of aliphatic hydroxyl groups excluding tert-OH is 1. The first kappa shape index (κ1) is 16.5. The van der Waals surface area contributed by atoms with E-state index in [0.717, 1.165) is 32.1 Å². The first-order valence-corrected chi connectivity index (χ1v) is 9.89. The molecular formula is C21H27FN2O2. The molecule has 2 N–H and O–H groups in total. The fourth-order valence-corrected chi connectivity index (χ4v) is 7.01. The summed E-state index contributed by atoms with van der Waals surface area (Å²) in [5, 5.41) is 13.0. The van der Waals surface area contributed by atoms with Crippen LogP contribution in [0.3, 0.4) is 0 Å². The van der Waals surface area contributed by atoms with Crippen LogP contribution in [0.25, 0.3) is 0 Å².